The summed E-state index contributed by atoms with van der Waals surface area (Å²) in [7, 11) is 0. The molecule has 0 radical (unpaired) electrons. The van der Waals surface area contributed by atoms with E-state index in [2.05, 4.69) is 33.5 Å². The summed E-state index contributed by atoms with van der Waals surface area (Å²) in [5.74, 6) is 0. The third kappa shape index (κ3) is 3.57. The highest BCUT2D eigenvalue weighted by atomic mass is 32.1. The van der Waals surface area contributed by atoms with E-state index in [4.69, 9.17) is 0 Å². The monoisotopic (exact) mass is 316 g/mol. The van der Waals surface area contributed by atoms with Gasteiger partial charge in [-0.1, -0.05) is 12.1 Å². The summed E-state index contributed by atoms with van der Waals surface area (Å²) in [6.45, 7) is 4.93. The van der Waals surface area contributed by atoms with Gasteiger partial charge in [0.15, 0.2) is 0 Å². The lowest BCUT2D eigenvalue weighted by molar-refractivity contribution is 0.0375. The molecule has 0 unspecified atom stereocenters. The van der Waals surface area contributed by atoms with E-state index in [1.54, 1.807) is 0 Å². The number of thiophene rings is 1. The van der Waals surface area contributed by atoms with Crippen LogP contribution >= 0.6 is 11.3 Å². The van der Waals surface area contributed by atoms with Crippen molar-refractivity contribution in [1.29, 1.82) is 0 Å². The molecule has 0 amide bonds. The number of aryl methyl sites for hydroxylation is 1. The van der Waals surface area contributed by atoms with E-state index >= 15 is 0 Å². The molecular formula is C18H24N2OS. The Morgan fingerprint density at radius 2 is 2.32 bits per heavy atom. The molecule has 0 bridgehead atoms. The average Bonchev–Trinajstić information content (AvgIpc) is 3.16. The van der Waals surface area contributed by atoms with Crippen molar-refractivity contribution in [2.75, 3.05) is 13.1 Å². The molecule has 22 heavy (non-hydrogen) atoms. The molecule has 4 heteroatoms. The predicted octanol–water partition coefficient (Wildman–Crippen LogP) is 3.35. The van der Waals surface area contributed by atoms with Gasteiger partial charge in [0.05, 0.1) is 6.10 Å². The van der Waals surface area contributed by atoms with Crippen molar-refractivity contribution in [3.63, 3.8) is 0 Å². The van der Waals surface area contributed by atoms with Crippen LogP contribution in [0.5, 0.6) is 0 Å². The SMILES string of the molecule is C[C@H](O)[C@]1(CCc2cccs2)CCN(Cc2cccnc2)C1. The van der Waals surface area contributed by atoms with Crippen LogP contribution in [0, 0.1) is 5.41 Å². The Morgan fingerprint density at radius 3 is 3.00 bits per heavy atom. The first-order valence-corrected chi connectivity index (χ1v) is 8.88. The van der Waals surface area contributed by atoms with E-state index in [9.17, 15) is 5.11 Å². The number of pyridine rings is 1. The number of rotatable bonds is 6. The zero-order chi connectivity index (χ0) is 15.4. The van der Waals surface area contributed by atoms with Crippen LogP contribution in [0.15, 0.2) is 42.0 Å². The van der Waals surface area contributed by atoms with Crippen molar-refractivity contribution >= 4 is 11.3 Å². The minimum Gasteiger partial charge on any atom is -0.393 e. The molecule has 0 saturated carbocycles. The van der Waals surface area contributed by atoms with E-state index in [1.165, 1.54) is 10.4 Å². The van der Waals surface area contributed by atoms with Crippen LogP contribution in [0.4, 0.5) is 0 Å². The van der Waals surface area contributed by atoms with Crippen molar-refractivity contribution in [3.05, 3.63) is 52.5 Å². The van der Waals surface area contributed by atoms with Crippen LogP contribution in [0.25, 0.3) is 0 Å². The normalized spacial score (nSPS) is 23.7. The molecule has 2 aromatic heterocycles. The molecule has 1 fully saturated rings. The van der Waals surface area contributed by atoms with Gasteiger partial charge in [-0.2, -0.15) is 0 Å². The number of hydrogen-bond donors (Lipinski definition) is 1. The first-order chi connectivity index (χ1) is 10.7. The van der Waals surface area contributed by atoms with Crippen LogP contribution in [-0.2, 0) is 13.0 Å². The Morgan fingerprint density at radius 1 is 1.41 bits per heavy atom. The minimum absolute atomic E-state index is 0.0339. The Balaban J connectivity index is 1.62. The van der Waals surface area contributed by atoms with Gasteiger partial charge in [0.1, 0.15) is 0 Å². The summed E-state index contributed by atoms with van der Waals surface area (Å²) >= 11 is 1.82. The summed E-state index contributed by atoms with van der Waals surface area (Å²) in [4.78, 5) is 8.07. The third-order valence-corrected chi connectivity index (χ3v) is 5.87. The van der Waals surface area contributed by atoms with E-state index in [0.717, 1.165) is 38.9 Å². The summed E-state index contributed by atoms with van der Waals surface area (Å²) in [6.07, 6.45) is 6.71. The quantitative estimate of drug-likeness (QED) is 0.888. The maximum atomic E-state index is 10.4. The van der Waals surface area contributed by atoms with Gasteiger partial charge in [-0.25, -0.2) is 0 Å². The van der Waals surface area contributed by atoms with Crippen LogP contribution < -0.4 is 0 Å². The molecule has 0 aliphatic carbocycles. The maximum absolute atomic E-state index is 10.4. The number of aliphatic hydroxyl groups is 1. The minimum atomic E-state index is -0.258. The van der Waals surface area contributed by atoms with Gasteiger partial charge >= 0.3 is 0 Å². The van der Waals surface area contributed by atoms with Crippen molar-refractivity contribution < 1.29 is 5.11 Å². The first kappa shape index (κ1) is 15.7. The summed E-state index contributed by atoms with van der Waals surface area (Å²) in [5, 5.41) is 12.5. The highest BCUT2D eigenvalue weighted by molar-refractivity contribution is 7.09. The van der Waals surface area contributed by atoms with Gasteiger partial charge in [-0.05, 0) is 55.8 Å². The molecule has 0 aromatic carbocycles. The zero-order valence-corrected chi connectivity index (χ0v) is 13.9. The fraction of sp³-hybridized carbons (Fsp3) is 0.500. The molecule has 3 rings (SSSR count). The Kier molecular flexibility index (Phi) is 4.91. The number of hydrogen-bond acceptors (Lipinski definition) is 4. The van der Waals surface area contributed by atoms with Gasteiger partial charge in [0.2, 0.25) is 0 Å². The summed E-state index contributed by atoms with van der Waals surface area (Å²) in [6, 6.07) is 8.42. The van der Waals surface area contributed by atoms with Gasteiger partial charge in [-0.15, -0.1) is 11.3 Å². The summed E-state index contributed by atoms with van der Waals surface area (Å²) < 4.78 is 0. The van der Waals surface area contributed by atoms with Gasteiger partial charge in [0, 0.05) is 35.8 Å². The molecule has 2 aromatic rings. The maximum Gasteiger partial charge on any atom is 0.0581 e. The first-order valence-electron chi connectivity index (χ1n) is 8.00. The second-order valence-electron chi connectivity index (χ2n) is 6.44. The van der Waals surface area contributed by atoms with Crippen LogP contribution in [0.1, 0.15) is 30.2 Å². The zero-order valence-electron chi connectivity index (χ0n) is 13.1. The predicted molar refractivity (Wildman–Crippen MR) is 90.9 cm³/mol. The van der Waals surface area contributed by atoms with Crippen molar-refractivity contribution in [2.24, 2.45) is 5.41 Å². The standard InChI is InChI=1S/C18H24N2OS/c1-15(21)18(7-6-17-5-3-11-22-17)8-10-20(14-18)13-16-4-2-9-19-12-16/h2-5,9,11-12,15,21H,6-8,10,13-14H2,1H3/t15-,18+/m0/s1. The van der Waals surface area contributed by atoms with Crippen LogP contribution in [0.2, 0.25) is 0 Å². The number of likely N-dealkylation sites (tertiary alicyclic amines) is 1. The molecule has 3 nitrogen and oxygen atoms in total. The van der Waals surface area contributed by atoms with Crippen LogP contribution in [0.3, 0.4) is 0 Å². The third-order valence-electron chi connectivity index (χ3n) is 4.93. The lowest BCUT2D eigenvalue weighted by Crippen LogP contribution is -2.36. The van der Waals surface area contributed by atoms with Crippen LogP contribution in [-0.4, -0.2) is 34.2 Å². The van der Waals surface area contributed by atoms with E-state index in [0.29, 0.717) is 0 Å². The Bertz CT molecular complexity index is 570. The largest absolute Gasteiger partial charge is 0.393 e. The molecule has 1 saturated heterocycles. The highest BCUT2D eigenvalue weighted by Gasteiger charge is 2.41. The van der Waals surface area contributed by atoms with Gasteiger partial charge in [-0.3, -0.25) is 9.88 Å². The lowest BCUT2D eigenvalue weighted by atomic mass is 9.77. The molecule has 0 spiro atoms. The topological polar surface area (TPSA) is 36.4 Å². The molecule has 1 aliphatic rings. The fourth-order valence-corrected chi connectivity index (χ4v) is 4.16. The molecular weight excluding hydrogens is 292 g/mol. The lowest BCUT2D eigenvalue weighted by Gasteiger charge is -2.32. The average molecular weight is 316 g/mol. The summed E-state index contributed by atoms with van der Waals surface area (Å²) in [5.41, 5.74) is 1.29. The molecule has 2 atom stereocenters. The molecule has 1 N–H and O–H groups in total. The second-order valence-corrected chi connectivity index (χ2v) is 7.47. The van der Waals surface area contributed by atoms with Gasteiger partial charge in [0.25, 0.3) is 0 Å². The Hall–Kier alpha value is -1.23. The van der Waals surface area contributed by atoms with Crippen molar-refractivity contribution in [3.8, 4) is 0 Å². The number of aromatic nitrogens is 1. The number of aliphatic hydroxyl groups excluding tert-OH is 1. The molecule has 3 heterocycles. The molecule has 1 aliphatic heterocycles. The fourth-order valence-electron chi connectivity index (χ4n) is 3.45. The van der Waals surface area contributed by atoms with E-state index in [1.807, 2.05) is 36.7 Å². The highest BCUT2D eigenvalue weighted by Crippen LogP contribution is 2.39. The second kappa shape index (κ2) is 6.90. The number of nitrogens with zero attached hydrogens (tertiary/aromatic N) is 2. The van der Waals surface area contributed by atoms with Gasteiger partial charge < -0.3 is 5.11 Å². The molecule has 118 valence electrons. The Labute approximate surface area is 136 Å². The van der Waals surface area contributed by atoms with Crippen molar-refractivity contribution in [2.45, 2.75) is 38.8 Å². The smallest absolute Gasteiger partial charge is 0.0581 e. The van der Waals surface area contributed by atoms with E-state index < -0.39 is 0 Å². The van der Waals surface area contributed by atoms with Crippen molar-refractivity contribution in [1.82, 2.24) is 9.88 Å². The van der Waals surface area contributed by atoms with E-state index in [-0.39, 0.29) is 11.5 Å².